The van der Waals surface area contributed by atoms with Crippen LogP contribution in [0.5, 0.6) is 0 Å². The van der Waals surface area contributed by atoms with Crippen molar-refractivity contribution >= 4 is 5.69 Å². The molecule has 0 aliphatic rings. The first kappa shape index (κ1) is 5.02. The molecule has 0 radical (unpaired) electrons. The maximum atomic E-state index is 8.50. The molecule has 0 aromatic heterocycles. The van der Waals surface area contributed by atoms with Crippen molar-refractivity contribution in [1.29, 1.82) is 5.26 Å². The van der Waals surface area contributed by atoms with Crippen LogP contribution in [0.1, 0.15) is 6.93 Å². The second-order valence-electron chi connectivity index (χ2n) is 1.67. The molecule has 46 valence electrons. The SMILES string of the molecule is [2H]c1ccc([N+]#[C-])c(C#N)c1. The molecule has 0 saturated heterocycles. The molecule has 0 saturated carbocycles. The van der Waals surface area contributed by atoms with E-state index in [0.717, 1.165) is 0 Å². The Hall–Kier alpha value is -1.80. The minimum Gasteiger partial charge on any atom is -0.237 e. The van der Waals surface area contributed by atoms with Crippen LogP contribution < -0.4 is 0 Å². The van der Waals surface area contributed by atoms with E-state index in [2.05, 4.69) is 4.85 Å². The highest BCUT2D eigenvalue weighted by Crippen LogP contribution is 2.16. The second kappa shape index (κ2) is 2.66. The largest absolute Gasteiger partial charge is 0.237 e. The van der Waals surface area contributed by atoms with Crippen LogP contribution >= 0.6 is 0 Å². The van der Waals surface area contributed by atoms with Crippen molar-refractivity contribution in [3.8, 4) is 6.07 Å². The lowest BCUT2D eigenvalue weighted by Crippen LogP contribution is -1.70. The van der Waals surface area contributed by atoms with Gasteiger partial charge < -0.3 is 0 Å². The lowest BCUT2D eigenvalue weighted by molar-refractivity contribution is 1.49. The number of nitrogens with zero attached hydrogens (tertiary/aromatic N) is 2. The topological polar surface area (TPSA) is 28.1 Å². The van der Waals surface area contributed by atoms with Gasteiger partial charge in [0.15, 0.2) is 0 Å². The van der Waals surface area contributed by atoms with E-state index in [1.165, 1.54) is 18.2 Å². The van der Waals surface area contributed by atoms with Gasteiger partial charge in [0.05, 0.1) is 19.6 Å². The maximum absolute atomic E-state index is 8.50. The summed E-state index contributed by atoms with van der Waals surface area (Å²) in [5.74, 6) is 0. The molecule has 0 aliphatic heterocycles. The van der Waals surface area contributed by atoms with Gasteiger partial charge in [0.2, 0.25) is 5.69 Å². The molecule has 0 fully saturated rings. The number of para-hydroxylation sites is 1. The van der Waals surface area contributed by atoms with E-state index < -0.39 is 0 Å². The van der Waals surface area contributed by atoms with E-state index in [1.807, 2.05) is 6.07 Å². The van der Waals surface area contributed by atoms with Gasteiger partial charge in [-0.1, -0.05) is 24.2 Å². The van der Waals surface area contributed by atoms with Crippen molar-refractivity contribution in [3.05, 3.63) is 41.2 Å². The molecule has 0 spiro atoms. The summed E-state index contributed by atoms with van der Waals surface area (Å²) in [6.45, 7) is 6.67. The Morgan fingerprint density at radius 1 is 1.70 bits per heavy atom. The molecule has 2 heteroatoms. The van der Waals surface area contributed by atoms with Crippen LogP contribution in [0.2, 0.25) is 0 Å². The average molecular weight is 129 g/mol. The van der Waals surface area contributed by atoms with Crippen LogP contribution in [-0.2, 0) is 0 Å². The van der Waals surface area contributed by atoms with Crippen molar-refractivity contribution in [2.75, 3.05) is 0 Å². The standard InChI is InChI=1S/C8H4N2/c1-10-8-5-3-2-4-7(8)6-9/h2-5H/i2D. The van der Waals surface area contributed by atoms with Gasteiger partial charge >= 0.3 is 0 Å². The number of nitriles is 1. The van der Waals surface area contributed by atoms with Crippen molar-refractivity contribution in [3.63, 3.8) is 0 Å². The first-order valence-electron chi connectivity index (χ1n) is 3.16. The van der Waals surface area contributed by atoms with Crippen LogP contribution in [0.25, 0.3) is 4.85 Å². The highest BCUT2D eigenvalue weighted by Gasteiger charge is 1.95. The third-order valence-electron chi connectivity index (χ3n) is 1.08. The maximum Gasteiger partial charge on any atom is 0.204 e. The highest BCUT2D eigenvalue weighted by atomic mass is 14.6. The Morgan fingerprint density at radius 2 is 2.50 bits per heavy atom. The zero-order valence-corrected chi connectivity index (χ0v) is 5.13. The highest BCUT2D eigenvalue weighted by molar-refractivity contribution is 5.57. The van der Waals surface area contributed by atoms with Gasteiger partial charge in [-0.2, -0.15) is 5.26 Å². The number of benzene rings is 1. The van der Waals surface area contributed by atoms with Gasteiger partial charge in [0.25, 0.3) is 0 Å². The van der Waals surface area contributed by atoms with Crippen molar-refractivity contribution < 1.29 is 1.37 Å². The van der Waals surface area contributed by atoms with Gasteiger partial charge in [-0.25, -0.2) is 4.85 Å². The van der Waals surface area contributed by atoms with Crippen LogP contribution in [0.3, 0.4) is 0 Å². The van der Waals surface area contributed by atoms with Gasteiger partial charge in [0, 0.05) is 0 Å². The summed E-state index contributed by atoms with van der Waals surface area (Å²) in [6.07, 6.45) is 0. The molecule has 1 aromatic rings. The van der Waals surface area contributed by atoms with E-state index in [0.29, 0.717) is 5.69 Å². The Kier molecular flexibility index (Phi) is 1.34. The first-order chi connectivity index (χ1) is 5.27. The average Bonchev–Trinajstić information content (AvgIpc) is 2.04. The molecule has 0 N–H and O–H groups in total. The Morgan fingerprint density at radius 3 is 3.10 bits per heavy atom. The molecule has 1 rings (SSSR count). The van der Waals surface area contributed by atoms with E-state index in [-0.39, 0.29) is 11.6 Å². The van der Waals surface area contributed by atoms with E-state index in [4.69, 9.17) is 13.2 Å². The van der Waals surface area contributed by atoms with Gasteiger partial charge in [0.1, 0.15) is 0 Å². The number of rotatable bonds is 0. The van der Waals surface area contributed by atoms with Crippen LogP contribution in [0, 0.1) is 17.9 Å². The molecular formula is C8H4N2. The molecule has 1 aromatic carbocycles. The molecule has 0 unspecified atom stereocenters. The molecular weight excluding hydrogens is 124 g/mol. The summed E-state index contributed by atoms with van der Waals surface area (Å²) in [6, 6.07) is 6.47. The first-order valence-corrected chi connectivity index (χ1v) is 2.66. The predicted molar refractivity (Wildman–Crippen MR) is 37.4 cm³/mol. The summed E-state index contributed by atoms with van der Waals surface area (Å²) in [7, 11) is 0. The molecule has 0 bridgehead atoms. The van der Waals surface area contributed by atoms with E-state index in [1.54, 1.807) is 0 Å². The Balaban J connectivity index is 3.34. The summed E-state index contributed by atoms with van der Waals surface area (Å²) in [5, 5.41) is 8.50. The third kappa shape index (κ3) is 0.962. The van der Waals surface area contributed by atoms with Gasteiger partial charge in [-0.3, -0.25) is 0 Å². The Labute approximate surface area is 60.6 Å². The number of hydrogen-bond acceptors (Lipinski definition) is 1. The summed E-state index contributed by atoms with van der Waals surface area (Å²) in [4.78, 5) is 3.13. The third-order valence-corrected chi connectivity index (χ3v) is 1.08. The molecule has 2 nitrogen and oxygen atoms in total. The second-order valence-corrected chi connectivity index (χ2v) is 1.67. The fraction of sp³-hybridized carbons (Fsp3) is 0. The van der Waals surface area contributed by atoms with Crippen LogP contribution in [-0.4, -0.2) is 0 Å². The minimum absolute atomic E-state index is 0.258. The molecule has 0 aliphatic carbocycles. The summed E-state index contributed by atoms with van der Waals surface area (Å²) >= 11 is 0. The fourth-order valence-electron chi connectivity index (χ4n) is 0.609. The van der Waals surface area contributed by atoms with E-state index >= 15 is 0 Å². The lowest BCUT2D eigenvalue weighted by Gasteiger charge is -1.88. The minimum atomic E-state index is 0.258. The quantitative estimate of drug-likeness (QED) is 0.493. The normalized spacial score (nSPS) is 9.20. The van der Waals surface area contributed by atoms with Crippen LogP contribution in [0.15, 0.2) is 24.2 Å². The van der Waals surface area contributed by atoms with Crippen molar-refractivity contribution in [2.45, 2.75) is 0 Å². The summed E-state index contributed by atoms with van der Waals surface area (Å²) < 4.78 is 7.16. The zero-order valence-electron chi connectivity index (χ0n) is 6.13. The van der Waals surface area contributed by atoms with Gasteiger partial charge in [-0.15, -0.1) is 0 Å². The monoisotopic (exact) mass is 129 g/mol. The van der Waals surface area contributed by atoms with E-state index in [9.17, 15) is 0 Å². The lowest BCUT2D eigenvalue weighted by atomic mass is 10.2. The Bertz CT molecular complexity index is 357. The van der Waals surface area contributed by atoms with Gasteiger partial charge in [-0.05, 0) is 0 Å². The zero-order chi connectivity index (χ0) is 8.27. The molecule has 0 heterocycles. The fourth-order valence-corrected chi connectivity index (χ4v) is 0.609. The molecule has 0 amide bonds. The summed E-state index contributed by atoms with van der Waals surface area (Å²) in [5.41, 5.74) is 0.580. The smallest absolute Gasteiger partial charge is 0.204 e. The molecule has 10 heavy (non-hydrogen) atoms. The van der Waals surface area contributed by atoms with Crippen LogP contribution in [0.4, 0.5) is 5.69 Å². The predicted octanol–water partition coefficient (Wildman–Crippen LogP) is 2.11. The van der Waals surface area contributed by atoms with Crippen molar-refractivity contribution in [2.24, 2.45) is 0 Å². The molecule has 0 atom stereocenters. The van der Waals surface area contributed by atoms with Crippen molar-refractivity contribution in [1.82, 2.24) is 0 Å². The number of hydrogen-bond donors (Lipinski definition) is 0.